The molecule has 1 amide bonds. The maximum Gasteiger partial charge on any atom is 0.240 e. The Balaban J connectivity index is 1.81. The van der Waals surface area contributed by atoms with Crippen LogP contribution in [0.3, 0.4) is 0 Å². The first-order valence-corrected chi connectivity index (χ1v) is 7.43. The van der Waals surface area contributed by atoms with Gasteiger partial charge in [-0.3, -0.25) is 4.79 Å². The van der Waals surface area contributed by atoms with Gasteiger partial charge in [0.15, 0.2) is 0 Å². The predicted molar refractivity (Wildman–Crippen MR) is 76.2 cm³/mol. The van der Waals surface area contributed by atoms with Crippen molar-refractivity contribution in [3.8, 4) is 0 Å². The van der Waals surface area contributed by atoms with E-state index >= 15 is 0 Å². The van der Waals surface area contributed by atoms with E-state index in [1.807, 2.05) is 29.2 Å². The van der Waals surface area contributed by atoms with Crippen molar-refractivity contribution in [3.63, 3.8) is 0 Å². The topological polar surface area (TPSA) is 32.3 Å². The SMILES string of the molecule is O=C(C1CCCN1)N1CCCC1c1ccccc1Cl. The van der Waals surface area contributed by atoms with Crippen molar-refractivity contribution >= 4 is 17.5 Å². The number of rotatable bonds is 2. The summed E-state index contributed by atoms with van der Waals surface area (Å²) in [6.45, 7) is 1.81. The van der Waals surface area contributed by atoms with Crippen LogP contribution in [-0.2, 0) is 4.79 Å². The molecule has 0 bridgehead atoms. The van der Waals surface area contributed by atoms with Crippen LogP contribution in [0.1, 0.15) is 37.3 Å². The number of amides is 1. The van der Waals surface area contributed by atoms with Crippen molar-refractivity contribution in [1.82, 2.24) is 10.2 Å². The molecule has 102 valence electrons. The van der Waals surface area contributed by atoms with Crippen LogP contribution in [-0.4, -0.2) is 29.9 Å². The molecule has 1 aromatic rings. The van der Waals surface area contributed by atoms with Gasteiger partial charge in [0, 0.05) is 11.6 Å². The minimum absolute atomic E-state index is 0.0167. The van der Waals surface area contributed by atoms with Gasteiger partial charge in [-0.05, 0) is 43.9 Å². The third-order valence-corrected chi connectivity index (χ3v) is 4.50. The molecule has 2 atom stereocenters. The zero-order chi connectivity index (χ0) is 13.2. The quantitative estimate of drug-likeness (QED) is 0.902. The lowest BCUT2D eigenvalue weighted by Crippen LogP contribution is -2.43. The lowest BCUT2D eigenvalue weighted by Gasteiger charge is -2.28. The Kier molecular flexibility index (Phi) is 3.76. The first kappa shape index (κ1) is 12.9. The molecule has 2 saturated heterocycles. The predicted octanol–water partition coefficient (Wildman–Crippen LogP) is 2.76. The van der Waals surface area contributed by atoms with Crippen molar-refractivity contribution in [3.05, 3.63) is 34.9 Å². The lowest BCUT2D eigenvalue weighted by molar-refractivity contribution is -0.134. The Hall–Kier alpha value is -1.06. The second-order valence-electron chi connectivity index (χ2n) is 5.36. The fraction of sp³-hybridized carbons (Fsp3) is 0.533. The van der Waals surface area contributed by atoms with Crippen LogP contribution in [0.5, 0.6) is 0 Å². The first-order valence-electron chi connectivity index (χ1n) is 7.05. The first-order chi connectivity index (χ1) is 9.27. The zero-order valence-corrected chi connectivity index (χ0v) is 11.7. The second-order valence-corrected chi connectivity index (χ2v) is 5.77. The van der Waals surface area contributed by atoms with E-state index < -0.39 is 0 Å². The average molecular weight is 279 g/mol. The highest BCUT2D eigenvalue weighted by Gasteiger charge is 2.35. The summed E-state index contributed by atoms with van der Waals surface area (Å²) in [5.74, 6) is 0.250. The fourth-order valence-electron chi connectivity index (χ4n) is 3.19. The molecule has 3 rings (SSSR count). The summed E-state index contributed by atoms with van der Waals surface area (Å²) in [6.07, 6.45) is 4.14. The Morgan fingerprint density at radius 1 is 1.26 bits per heavy atom. The Morgan fingerprint density at radius 2 is 2.11 bits per heavy atom. The molecular formula is C15H19ClN2O. The van der Waals surface area contributed by atoms with Crippen LogP contribution in [0.15, 0.2) is 24.3 Å². The van der Waals surface area contributed by atoms with Crippen molar-refractivity contribution in [1.29, 1.82) is 0 Å². The van der Waals surface area contributed by atoms with Crippen LogP contribution in [0.25, 0.3) is 0 Å². The molecular weight excluding hydrogens is 260 g/mol. The summed E-state index contributed by atoms with van der Waals surface area (Å²) >= 11 is 6.28. The van der Waals surface area contributed by atoms with Crippen LogP contribution in [0.4, 0.5) is 0 Å². The van der Waals surface area contributed by atoms with Gasteiger partial charge in [0.1, 0.15) is 0 Å². The van der Waals surface area contributed by atoms with E-state index in [2.05, 4.69) is 5.32 Å². The number of carbonyl (C=O) groups excluding carboxylic acids is 1. The normalized spacial score (nSPS) is 26.9. The maximum absolute atomic E-state index is 12.6. The van der Waals surface area contributed by atoms with Gasteiger partial charge in [-0.15, -0.1) is 0 Å². The molecule has 0 spiro atoms. The summed E-state index contributed by atoms with van der Waals surface area (Å²) < 4.78 is 0. The lowest BCUT2D eigenvalue weighted by atomic mass is 10.0. The number of likely N-dealkylation sites (tertiary alicyclic amines) is 1. The molecule has 0 saturated carbocycles. The number of nitrogens with zero attached hydrogens (tertiary/aromatic N) is 1. The maximum atomic E-state index is 12.6. The van der Waals surface area contributed by atoms with Gasteiger partial charge in [0.2, 0.25) is 5.91 Å². The van der Waals surface area contributed by atoms with Crippen molar-refractivity contribution in [2.45, 2.75) is 37.8 Å². The molecule has 2 unspecified atom stereocenters. The Bertz CT molecular complexity index is 471. The van der Waals surface area contributed by atoms with Crippen LogP contribution in [0.2, 0.25) is 5.02 Å². The van der Waals surface area contributed by atoms with Gasteiger partial charge >= 0.3 is 0 Å². The number of halogens is 1. The Labute approximate surface area is 118 Å². The van der Waals surface area contributed by atoms with Crippen molar-refractivity contribution in [2.75, 3.05) is 13.1 Å². The van der Waals surface area contributed by atoms with Crippen molar-refractivity contribution in [2.24, 2.45) is 0 Å². The third kappa shape index (κ3) is 2.49. The average Bonchev–Trinajstić information content (AvgIpc) is 3.10. The summed E-state index contributed by atoms with van der Waals surface area (Å²) in [5.41, 5.74) is 1.09. The minimum Gasteiger partial charge on any atom is -0.334 e. The number of hydrogen-bond acceptors (Lipinski definition) is 2. The number of hydrogen-bond donors (Lipinski definition) is 1. The highest BCUT2D eigenvalue weighted by molar-refractivity contribution is 6.31. The van der Waals surface area contributed by atoms with Gasteiger partial charge < -0.3 is 10.2 Å². The molecule has 3 nitrogen and oxygen atoms in total. The molecule has 4 heteroatoms. The molecule has 19 heavy (non-hydrogen) atoms. The molecule has 0 aliphatic carbocycles. The minimum atomic E-state index is 0.0167. The van der Waals surface area contributed by atoms with E-state index in [1.165, 1.54) is 0 Å². The standard InChI is InChI=1S/C15H19ClN2O/c16-12-6-2-1-5-11(12)14-8-4-10-18(14)15(19)13-7-3-9-17-13/h1-2,5-6,13-14,17H,3-4,7-10H2. The molecule has 1 aromatic carbocycles. The fourth-order valence-corrected chi connectivity index (χ4v) is 3.46. The highest BCUT2D eigenvalue weighted by atomic mass is 35.5. The smallest absolute Gasteiger partial charge is 0.240 e. The number of carbonyl (C=O) groups is 1. The Morgan fingerprint density at radius 3 is 2.84 bits per heavy atom. The largest absolute Gasteiger partial charge is 0.334 e. The van der Waals surface area contributed by atoms with Crippen LogP contribution < -0.4 is 5.32 Å². The van der Waals surface area contributed by atoms with Gasteiger partial charge in [-0.25, -0.2) is 0 Å². The van der Waals surface area contributed by atoms with E-state index in [9.17, 15) is 4.79 Å². The summed E-state index contributed by atoms with van der Waals surface area (Å²) in [7, 11) is 0. The van der Waals surface area contributed by atoms with Crippen molar-refractivity contribution < 1.29 is 4.79 Å². The van der Waals surface area contributed by atoms with Gasteiger partial charge in [-0.2, -0.15) is 0 Å². The summed E-state index contributed by atoms with van der Waals surface area (Å²) in [5, 5.41) is 4.07. The molecule has 0 radical (unpaired) electrons. The van der Waals surface area contributed by atoms with E-state index in [1.54, 1.807) is 0 Å². The molecule has 1 N–H and O–H groups in total. The number of benzene rings is 1. The van der Waals surface area contributed by atoms with E-state index in [0.717, 1.165) is 49.4 Å². The van der Waals surface area contributed by atoms with Gasteiger partial charge in [-0.1, -0.05) is 29.8 Å². The number of nitrogens with one attached hydrogen (secondary N) is 1. The summed E-state index contributed by atoms with van der Waals surface area (Å²) in [4.78, 5) is 14.6. The molecule has 2 aliphatic rings. The van der Waals surface area contributed by atoms with Crippen LogP contribution >= 0.6 is 11.6 Å². The van der Waals surface area contributed by atoms with E-state index in [-0.39, 0.29) is 18.0 Å². The molecule has 0 aromatic heterocycles. The molecule has 2 aliphatic heterocycles. The zero-order valence-electron chi connectivity index (χ0n) is 10.9. The highest BCUT2D eigenvalue weighted by Crippen LogP contribution is 2.36. The van der Waals surface area contributed by atoms with Gasteiger partial charge in [0.05, 0.1) is 12.1 Å². The molecule has 2 heterocycles. The third-order valence-electron chi connectivity index (χ3n) is 4.16. The monoisotopic (exact) mass is 278 g/mol. The van der Waals surface area contributed by atoms with Crippen LogP contribution in [0, 0.1) is 0 Å². The molecule has 2 fully saturated rings. The summed E-state index contributed by atoms with van der Waals surface area (Å²) in [6, 6.07) is 8.06. The van der Waals surface area contributed by atoms with Gasteiger partial charge in [0.25, 0.3) is 0 Å². The van der Waals surface area contributed by atoms with E-state index in [4.69, 9.17) is 11.6 Å². The van der Waals surface area contributed by atoms with E-state index in [0.29, 0.717) is 0 Å². The second kappa shape index (κ2) is 5.51.